The lowest BCUT2D eigenvalue weighted by Gasteiger charge is -2.04. The maximum Gasteiger partial charge on any atom is 0.336 e. The molecule has 0 amide bonds. The van der Waals surface area contributed by atoms with Gasteiger partial charge in [-0.3, -0.25) is 0 Å². The van der Waals surface area contributed by atoms with Crippen LogP contribution in [0.25, 0.3) is 0 Å². The third-order valence-electron chi connectivity index (χ3n) is 2.28. The van der Waals surface area contributed by atoms with Crippen molar-refractivity contribution in [3.8, 4) is 0 Å². The predicted octanol–water partition coefficient (Wildman–Crippen LogP) is 2.59. The Kier molecular flexibility index (Phi) is 2.04. The Morgan fingerprint density at radius 3 is 3.08 bits per heavy atom. The second-order valence-electron chi connectivity index (χ2n) is 3.24. The summed E-state index contributed by atoms with van der Waals surface area (Å²) in [4.78, 5) is 11.8. The van der Waals surface area contributed by atoms with Crippen LogP contribution in [0.4, 0.5) is 0 Å². The summed E-state index contributed by atoms with van der Waals surface area (Å²) in [5.41, 5.74) is 1.64. The molecule has 0 fully saturated rings. The minimum Gasteiger partial charge on any atom is -0.478 e. The Morgan fingerprint density at radius 1 is 1.62 bits per heavy atom. The van der Waals surface area contributed by atoms with Gasteiger partial charge in [0.05, 0.1) is 5.56 Å². The van der Waals surface area contributed by atoms with Crippen LogP contribution in [-0.4, -0.2) is 16.8 Å². The first-order chi connectivity index (χ1) is 6.20. The molecule has 0 aromatic heterocycles. The minimum absolute atomic E-state index is 0.451. The fourth-order valence-corrected chi connectivity index (χ4v) is 2.91. The fourth-order valence-electron chi connectivity index (χ4n) is 1.57. The number of rotatable bonds is 1. The Bertz CT molecular complexity index is 360. The fraction of sp³-hybridized carbons (Fsp3) is 0.300. The average Bonchev–Trinajstić information content (AvgIpc) is 2.48. The molecule has 1 N–H and O–H groups in total. The molecule has 0 saturated carbocycles. The van der Waals surface area contributed by atoms with Crippen LogP contribution in [0.15, 0.2) is 23.1 Å². The molecule has 3 heteroatoms. The highest BCUT2D eigenvalue weighted by Gasteiger charge is 2.23. The number of carboxylic acids is 1. The average molecular weight is 194 g/mol. The van der Waals surface area contributed by atoms with Crippen LogP contribution in [0.3, 0.4) is 0 Å². The van der Waals surface area contributed by atoms with Gasteiger partial charge in [0.2, 0.25) is 0 Å². The summed E-state index contributed by atoms with van der Waals surface area (Å²) in [5, 5.41) is 8.92. The van der Waals surface area contributed by atoms with E-state index >= 15 is 0 Å². The van der Waals surface area contributed by atoms with Crippen molar-refractivity contribution in [2.45, 2.75) is 17.7 Å². The van der Waals surface area contributed by atoms with Crippen LogP contribution in [0.2, 0.25) is 0 Å². The summed E-state index contributed by atoms with van der Waals surface area (Å²) < 4.78 is 0. The molecule has 0 radical (unpaired) electrons. The Balaban J connectivity index is 2.57. The number of hydrogen-bond acceptors (Lipinski definition) is 2. The van der Waals surface area contributed by atoms with Crippen molar-refractivity contribution in [3.63, 3.8) is 0 Å². The lowest BCUT2D eigenvalue weighted by Crippen LogP contribution is -1.99. The Labute approximate surface area is 81.0 Å². The zero-order valence-electron chi connectivity index (χ0n) is 7.28. The standard InChI is InChI=1S/C10H10O2S/c1-6-5-13-9-7(6)3-2-4-8(9)10(11)12/h2-4,6H,5H2,1H3,(H,11,12). The monoisotopic (exact) mass is 194 g/mol. The lowest BCUT2D eigenvalue weighted by atomic mass is 10.0. The first-order valence-corrected chi connectivity index (χ1v) is 5.17. The zero-order valence-corrected chi connectivity index (χ0v) is 8.10. The smallest absolute Gasteiger partial charge is 0.336 e. The molecule has 0 bridgehead atoms. The zero-order chi connectivity index (χ0) is 9.42. The SMILES string of the molecule is CC1CSc2c(C(=O)O)cccc21. The lowest BCUT2D eigenvalue weighted by molar-refractivity contribution is 0.0693. The summed E-state index contributed by atoms with van der Waals surface area (Å²) >= 11 is 1.65. The van der Waals surface area contributed by atoms with Gasteiger partial charge in [0.1, 0.15) is 0 Å². The van der Waals surface area contributed by atoms with Crippen molar-refractivity contribution in [1.29, 1.82) is 0 Å². The van der Waals surface area contributed by atoms with E-state index in [0.717, 1.165) is 10.6 Å². The van der Waals surface area contributed by atoms with Gasteiger partial charge in [-0.05, 0) is 17.5 Å². The quantitative estimate of drug-likeness (QED) is 0.746. The summed E-state index contributed by atoms with van der Waals surface area (Å²) in [6.07, 6.45) is 0. The van der Waals surface area contributed by atoms with E-state index in [-0.39, 0.29) is 0 Å². The molecule has 2 nitrogen and oxygen atoms in total. The van der Waals surface area contributed by atoms with E-state index < -0.39 is 5.97 Å². The van der Waals surface area contributed by atoms with Crippen molar-refractivity contribution in [1.82, 2.24) is 0 Å². The van der Waals surface area contributed by atoms with Gasteiger partial charge in [0.15, 0.2) is 0 Å². The molecule has 2 rings (SSSR count). The summed E-state index contributed by atoms with van der Waals surface area (Å²) in [6.45, 7) is 2.13. The second kappa shape index (κ2) is 3.07. The van der Waals surface area contributed by atoms with Crippen molar-refractivity contribution in [2.75, 3.05) is 5.75 Å². The molecule has 1 aliphatic heterocycles. The van der Waals surface area contributed by atoms with E-state index in [1.807, 2.05) is 12.1 Å². The van der Waals surface area contributed by atoms with E-state index in [2.05, 4.69) is 6.92 Å². The Hall–Kier alpha value is -0.960. The minimum atomic E-state index is -0.821. The van der Waals surface area contributed by atoms with Crippen LogP contribution < -0.4 is 0 Å². The molecular weight excluding hydrogens is 184 g/mol. The number of aromatic carboxylic acids is 1. The predicted molar refractivity (Wildman–Crippen MR) is 52.5 cm³/mol. The number of benzene rings is 1. The summed E-state index contributed by atoms with van der Waals surface area (Å²) in [6, 6.07) is 5.52. The molecule has 13 heavy (non-hydrogen) atoms. The molecular formula is C10H10O2S. The maximum atomic E-state index is 10.9. The van der Waals surface area contributed by atoms with Crippen LogP contribution in [0.1, 0.15) is 28.8 Å². The van der Waals surface area contributed by atoms with Gasteiger partial charge in [-0.15, -0.1) is 11.8 Å². The topological polar surface area (TPSA) is 37.3 Å². The van der Waals surface area contributed by atoms with E-state index in [0.29, 0.717) is 11.5 Å². The summed E-state index contributed by atoms with van der Waals surface area (Å²) in [7, 11) is 0. The van der Waals surface area contributed by atoms with Crippen LogP contribution in [0.5, 0.6) is 0 Å². The molecule has 1 atom stereocenters. The van der Waals surface area contributed by atoms with Crippen LogP contribution in [-0.2, 0) is 0 Å². The van der Waals surface area contributed by atoms with Gasteiger partial charge in [0.25, 0.3) is 0 Å². The van der Waals surface area contributed by atoms with Crippen LogP contribution >= 0.6 is 11.8 Å². The van der Waals surface area contributed by atoms with Gasteiger partial charge in [-0.25, -0.2) is 4.79 Å². The highest BCUT2D eigenvalue weighted by atomic mass is 32.2. The number of carboxylic acid groups (broad SMARTS) is 1. The molecule has 1 aromatic carbocycles. The maximum absolute atomic E-state index is 10.9. The van der Waals surface area contributed by atoms with Gasteiger partial charge in [0, 0.05) is 10.6 Å². The van der Waals surface area contributed by atoms with E-state index in [9.17, 15) is 4.79 Å². The van der Waals surface area contributed by atoms with E-state index in [4.69, 9.17) is 5.11 Å². The third kappa shape index (κ3) is 1.33. The first-order valence-electron chi connectivity index (χ1n) is 4.19. The molecule has 1 aliphatic rings. The highest BCUT2D eigenvalue weighted by molar-refractivity contribution is 7.99. The normalized spacial score (nSPS) is 19.9. The second-order valence-corrected chi connectivity index (χ2v) is 4.27. The van der Waals surface area contributed by atoms with Crippen molar-refractivity contribution in [3.05, 3.63) is 29.3 Å². The van der Waals surface area contributed by atoms with Gasteiger partial charge >= 0.3 is 5.97 Å². The largest absolute Gasteiger partial charge is 0.478 e. The summed E-state index contributed by atoms with van der Waals surface area (Å²) in [5.74, 6) is 0.664. The van der Waals surface area contributed by atoms with E-state index in [1.165, 1.54) is 5.56 Å². The molecule has 1 aromatic rings. The van der Waals surface area contributed by atoms with Gasteiger partial charge in [-0.1, -0.05) is 19.1 Å². The van der Waals surface area contributed by atoms with Gasteiger partial charge in [-0.2, -0.15) is 0 Å². The van der Waals surface area contributed by atoms with Crippen LogP contribution in [0, 0.1) is 0 Å². The number of carbonyl (C=O) groups is 1. The first kappa shape index (κ1) is 8.63. The number of fused-ring (bicyclic) bond motifs is 1. The molecule has 0 saturated heterocycles. The van der Waals surface area contributed by atoms with E-state index in [1.54, 1.807) is 17.8 Å². The molecule has 1 heterocycles. The van der Waals surface area contributed by atoms with Gasteiger partial charge < -0.3 is 5.11 Å². The Morgan fingerprint density at radius 2 is 2.38 bits per heavy atom. The van der Waals surface area contributed by atoms with Crippen molar-refractivity contribution >= 4 is 17.7 Å². The third-order valence-corrected chi connectivity index (χ3v) is 3.70. The van der Waals surface area contributed by atoms with Crippen molar-refractivity contribution < 1.29 is 9.90 Å². The molecule has 1 unspecified atom stereocenters. The van der Waals surface area contributed by atoms with Crippen molar-refractivity contribution in [2.24, 2.45) is 0 Å². The molecule has 0 spiro atoms. The molecule has 0 aliphatic carbocycles. The number of hydrogen-bond donors (Lipinski definition) is 1. The highest BCUT2D eigenvalue weighted by Crippen LogP contribution is 2.41. The number of thioether (sulfide) groups is 1. The molecule has 68 valence electrons.